The van der Waals surface area contributed by atoms with E-state index in [1.807, 2.05) is 26.0 Å². The largest absolute Gasteiger partial charge is 0.242 e. The molecular formula is C7H9NS. The molecule has 1 aromatic rings. The fraction of sp³-hybridized carbons (Fsp3) is 0.286. The lowest BCUT2D eigenvalue weighted by Gasteiger charge is -1.76. The first-order valence-electron chi connectivity index (χ1n) is 2.88. The maximum absolute atomic E-state index is 4.23. The van der Waals surface area contributed by atoms with E-state index in [1.54, 1.807) is 11.3 Å². The van der Waals surface area contributed by atoms with Crippen molar-refractivity contribution in [3.63, 3.8) is 0 Å². The lowest BCUT2D eigenvalue weighted by atomic mass is 10.4. The lowest BCUT2D eigenvalue weighted by molar-refractivity contribution is 1.27. The summed E-state index contributed by atoms with van der Waals surface area (Å²) in [5.74, 6) is 0. The van der Waals surface area contributed by atoms with Crippen LogP contribution in [0.4, 0.5) is 0 Å². The number of rotatable bonds is 1. The Bertz CT molecular complexity index is 212. The van der Waals surface area contributed by atoms with Crippen molar-refractivity contribution in [1.82, 2.24) is 4.98 Å². The number of hydrogen-bond donors (Lipinski definition) is 0. The fourth-order valence-electron chi connectivity index (χ4n) is 0.627. The minimum atomic E-state index is 1.07. The third-order valence-electron chi connectivity index (χ3n) is 0.974. The van der Waals surface area contributed by atoms with E-state index in [0.29, 0.717) is 0 Å². The average molecular weight is 139 g/mol. The second kappa shape index (κ2) is 2.78. The van der Waals surface area contributed by atoms with Gasteiger partial charge in [0.25, 0.3) is 0 Å². The quantitative estimate of drug-likeness (QED) is 0.582. The normalized spacial score (nSPS) is 10.9. The van der Waals surface area contributed by atoms with Gasteiger partial charge < -0.3 is 0 Å². The van der Waals surface area contributed by atoms with Crippen molar-refractivity contribution in [2.45, 2.75) is 13.8 Å². The molecule has 0 bridgehead atoms. The van der Waals surface area contributed by atoms with Crippen molar-refractivity contribution in [1.29, 1.82) is 0 Å². The van der Waals surface area contributed by atoms with E-state index in [1.165, 1.54) is 0 Å². The number of hydrogen-bond acceptors (Lipinski definition) is 2. The molecule has 48 valence electrons. The van der Waals surface area contributed by atoms with E-state index < -0.39 is 0 Å². The number of aromatic nitrogens is 1. The zero-order valence-electron chi connectivity index (χ0n) is 5.59. The SMILES string of the molecule is C/C=C\c1csc(C)n1. The molecule has 0 radical (unpaired) electrons. The summed E-state index contributed by atoms with van der Waals surface area (Å²) in [6, 6.07) is 0. The molecule has 0 fully saturated rings. The first-order chi connectivity index (χ1) is 4.33. The van der Waals surface area contributed by atoms with Crippen LogP contribution in [-0.2, 0) is 0 Å². The van der Waals surface area contributed by atoms with Crippen LogP contribution in [0.1, 0.15) is 17.6 Å². The highest BCUT2D eigenvalue weighted by Crippen LogP contribution is 2.08. The molecule has 1 nitrogen and oxygen atoms in total. The predicted octanol–water partition coefficient (Wildman–Crippen LogP) is 2.48. The zero-order chi connectivity index (χ0) is 6.69. The summed E-state index contributed by atoms with van der Waals surface area (Å²) < 4.78 is 0. The molecule has 0 saturated carbocycles. The van der Waals surface area contributed by atoms with E-state index in [2.05, 4.69) is 10.4 Å². The van der Waals surface area contributed by atoms with Gasteiger partial charge >= 0.3 is 0 Å². The Morgan fingerprint density at radius 2 is 2.44 bits per heavy atom. The average Bonchev–Trinajstić information content (AvgIpc) is 2.17. The van der Waals surface area contributed by atoms with E-state index in [0.717, 1.165) is 10.7 Å². The van der Waals surface area contributed by atoms with Crippen molar-refractivity contribution < 1.29 is 0 Å². The van der Waals surface area contributed by atoms with E-state index in [4.69, 9.17) is 0 Å². The maximum Gasteiger partial charge on any atom is 0.0901 e. The molecule has 1 aromatic heterocycles. The molecule has 0 N–H and O–H groups in total. The lowest BCUT2D eigenvalue weighted by Crippen LogP contribution is -1.69. The third-order valence-corrected chi connectivity index (χ3v) is 1.77. The number of allylic oxidation sites excluding steroid dienone is 1. The Hall–Kier alpha value is -0.630. The molecule has 0 unspecified atom stereocenters. The van der Waals surface area contributed by atoms with Gasteiger partial charge in [0.05, 0.1) is 10.7 Å². The standard InChI is InChI=1S/C7H9NS/c1-3-4-7-5-9-6(2)8-7/h3-5H,1-2H3/b4-3-. The van der Waals surface area contributed by atoms with Crippen LogP contribution < -0.4 is 0 Å². The summed E-state index contributed by atoms with van der Waals surface area (Å²) in [5.41, 5.74) is 1.07. The molecule has 0 aliphatic rings. The van der Waals surface area contributed by atoms with Crippen molar-refractivity contribution in [3.05, 3.63) is 22.2 Å². The van der Waals surface area contributed by atoms with Crippen LogP contribution in [0.5, 0.6) is 0 Å². The Morgan fingerprint density at radius 3 is 2.89 bits per heavy atom. The second-order valence-electron chi connectivity index (χ2n) is 1.79. The van der Waals surface area contributed by atoms with Gasteiger partial charge in [0.15, 0.2) is 0 Å². The molecule has 1 heterocycles. The van der Waals surface area contributed by atoms with Gasteiger partial charge in [-0.3, -0.25) is 0 Å². The van der Waals surface area contributed by atoms with Crippen molar-refractivity contribution in [2.24, 2.45) is 0 Å². The Morgan fingerprint density at radius 1 is 1.67 bits per heavy atom. The summed E-state index contributed by atoms with van der Waals surface area (Å²) in [6.07, 6.45) is 4.00. The fourth-order valence-corrected chi connectivity index (χ4v) is 1.21. The Balaban J connectivity index is 2.85. The molecule has 9 heavy (non-hydrogen) atoms. The van der Waals surface area contributed by atoms with Crippen LogP contribution >= 0.6 is 11.3 Å². The van der Waals surface area contributed by atoms with Gasteiger partial charge in [0.1, 0.15) is 0 Å². The van der Waals surface area contributed by atoms with Gasteiger partial charge in [0.2, 0.25) is 0 Å². The van der Waals surface area contributed by atoms with Gasteiger partial charge in [-0.2, -0.15) is 0 Å². The minimum absolute atomic E-state index is 1.07. The summed E-state index contributed by atoms with van der Waals surface area (Å²) in [4.78, 5) is 4.23. The summed E-state index contributed by atoms with van der Waals surface area (Å²) in [5, 5.41) is 3.18. The zero-order valence-corrected chi connectivity index (χ0v) is 6.40. The van der Waals surface area contributed by atoms with Crippen LogP contribution in [0.15, 0.2) is 11.5 Å². The van der Waals surface area contributed by atoms with Crippen molar-refractivity contribution in [3.8, 4) is 0 Å². The van der Waals surface area contributed by atoms with Crippen LogP contribution in [0.3, 0.4) is 0 Å². The topological polar surface area (TPSA) is 12.9 Å². The highest BCUT2D eigenvalue weighted by atomic mass is 32.1. The Labute approximate surface area is 59.1 Å². The third kappa shape index (κ3) is 1.64. The highest BCUT2D eigenvalue weighted by Gasteiger charge is 1.89. The van der Waals surface area contributed by atoms with Crippen molar-refractivity contribution in [2.75, 3.05) is 0 Å². The molecule has 0 aromatic carbocycles. The molecular weight excluding hydrogens is 130 g/mol. The monoisotopic (exact) mass is 139 g/mol. The summed E-state index contributed by atoms with van der Waals surface area (Å²) in [6.45, 7) is 4.01. The predicted molar refractivity (Wildman–Crippen MR) is 41.6 cm³/mol. The van der Waals surface area contributed by atoms with Gasteiger partial charge in [0, 0.05) is 5.38 Å². The molecule has 0 saturated heterocycles. The Kier molecular flexibility index (Phi) is 2.01. The van der Waals surface area contributed by atoms with Gasteiger partial charge in [-0.1, -0.05) is 6.08 Å². The summed E-state index contributed by atoms with van der Waals surface area (Å²) >= 11 is 1.68. The molecule has 0 atom stereocenters. The van der Waals surface area contributed by atoms with Crippen LogP contribution in [0, 0.1) is 6.92 Å². The van der Waals surface area contributed by atoms with E-state index in [9.17, 15) is 0 Å². The van der Waals surface area contributed by atoms with E-state index >= 15 is 0 Å². The van der Waals surface area contributed by atoms with Gasteiger partial charge in [-0.25, -0.2) is 4.98 Å². The first kappa shape index (κ1) is 6.49. The van der Waals surface area contributed by atoms with Crippen LogP contribution in [-0.4, -0.2) is 4.98 Å². The molecule has 0 aliphatic carbocycles. The molecule has 2 heteroatoms. The van der Waals surface area contributed by atoms with Gasteiger partial charge in [-0.15, -0.1) is 11.3 Å². The molecule has 0 spiro atoms. The van der Waals surface area contributed by atoms with E-state index in [-0.39, 0.29) is 0 Å². The van der Waals surface area contributed by atoms with Crippen LogP contribution in [0.2, 0.25) is 0 Å². The second-order valence-corrected chi connectivity index (χ2v) is 2.85. The minimum Gasteiger partial charge on any atom is -0.242 e. The number of nitrogens with zero attached hydrogens (tertiary/aromatic N) is 1. The molecule has 0 aliphatic heterocycles. The molecule has 0 amide bonds. The molecule has 1 rings (SSSR count). The van der Waals surface area contributed by atoms with Crippen LogP contribution in [0.25, 0.3) is 6.08 Å². The number of aryl methyl sites for hydroxylation is 1. The highest BCUT2D eigenvalue weighted by molar-refractivity contribution is 7.09. The smallest absolute Gasteiger partial charge is 0.0901 e. The number of thiazole rings is 1. The first-order valence-corrected chi connectivity index (χ1v) is 3.75. The summed E-state index contributed by atoms with van der Waals surface area (Å²) in [7, 11) is 0. The van der Waals surface area contributed by atoms with Crippen molar-refractivity contribution >= 4 is 17.4 Å². The maximum atomic E-state index is 4.23. The van der Waals surface area contributed by atoms with Gasteiger partial charge in [-0.05, 0) is 19.9 Å².